The molecule has 0 bridgehead atoms. The van der Waals surface area contributed by atoms with E-state index in [-0.39, 0.29) is 6.04 Å². The number of aromatic nitrogens is 2. The van der Waals surface area contributed by atoms with Crippen molar-refractivity contribution in [3.8, 4) is 6.07 Å². The Morgan fingerprint density at radius 1 is 1.50 bits per heavy atom. The monoisotopic (exact) mass is 243 g/mol. The van der Waals surface area contributed by atoms with Crippen LogP contribution in [0.3, 0.4) is 0 Å². The van der Waals surface area contributed by atoms with Crippen LogP contribution in [0.4, 0.5) is 4.39 Å². The molecule has 18 heavy (non-hydrogen) atoms. The number of benzene rings is 1. The van der Waals surface area contributed by atoms with Crippen molar-refractivity contribution in [1.29, 1.82) is 5.26 Å². The van der Waals surface area contributed by atoms with Crippen LogP contribution < -0.4 is 0 Å². The maximum absolute atomic E-state index is 13.9. The molecule has 4 nitrogen and oxygen atoms in total. The van der Waals surface area contributed by atoms with E-state index in [0.717, 1.165) is 0 Å². The lowest BCUT2D eigenvalue weighted by atomic mass is 10.0. The molecule has 0 saturated heterocycles. The number of rotatable bonds is 1. The number of imidazole rings is 1. The Labute approximate surface area is 103 Å². The quantitative estimate of drug-likeness (QED) is 0.832. The lowest BCUT2D eigenvalue weighted by Crippen LogP contribution is -2.07. The van der Waals surface area contributed by atoms with E-state index < -0.39 is 11.9 Å². The molecule has 1 aromatic carbocycles. The molecule has 5 heteroatoms. The number of nitriles is 1. The summed E-state index contributed by atoms with van der Waals surface area (Å²) in [6.07, 6.45) is 2.99. The fourth-order valence-corrected chi connectivity index (χ4v) is 2.42. The number of fused-ring (bicyclic) bond motifs is 1. The van der Waals surface area contributed by atoms with E-state index in [1.165, 1.54) is 6.07 Å². The molecule has 1 aliphatic rings. The molecule has 1 unspecified atom stereocenters. The summed E-state index contributed by atoms with van der Waals surface area (Å²) < 4.78 is 15.7. The Morgan fingerprint density at radius 2 is 2.33 bits per heavy atom. The molecule has 0 radical (unpaired) electrons. The van der Waals surface area contributed by atoms with E-state index in [9.17, 15) is 9.50 Å². The lowest BCUT2D eigenvalue weighted by molar-refractivity contribution is 0.175. The van der Waals surface area contributed by atoms with E-state index in [1.807, 2.05) is 6.07 Å². The van der Waals surface area contributed by atoms with Crippen LogP contribution in [0.5, 0.6) is 0 Å². The zero-order chi connectivity index (χ0) is 12.7. The van der Waals surface area contributed by atoms with Crippen molar-refractivity contribution >= 4 is 0 Å². The van der Waals surface area contributed by atoms with Crippen LogP contribution in [0.15, 0.2) is 30.7 Å². The van der Waals surface area contributed by atoms with Gasteiger partial charge in [0.05, 0.1) is 42.0 Å². The zero-order valence-electron chi connectivity index (χ0n) is 9.42. The third-order valence-corrected chi connectivity index (χ3v) is 3.31. The minimum absolute atomic E-state index is 0.259. The average molecular weight is 243 g/mol. The number of aliphatic hydroxyl groups is 1. The topological polar surface area (TPSA) is 61.8 Å². The van der Waals surface area contributed by atoms with Gasteiger partial charge in [0.25, 0.3) is 0 Å². The summed E-state index contributed by atoms with van der Waals surface area (Å²) in [6, 6.07) is 6.04. The summed E-state index contributed by atoms with van der Waals surface area (Å²) in [5.74, 6) is -0.423. The van der Waals surface area contributed by atoms with Crippen molar-refractivity contribution in [3.63, 3.8) is 0 Å². The minimum Gasteiger partial charge on any atom is -0.387 e. The summed E-state index contributed by atoms with van der Waals surface area (Å²) >= 11 is 0. The van der Waals surface area contributed by atoms with Crippen molar-refractivity contribution < 1.29 is 9.50 Å². The van der Waals surface area contributed by atoms with Crippen molar-refractivity contribution in [1.82, 2.24) is 9.55 Å². The first-order valence-electron chi connectivity index (χ1n) is 5.60. The smallest absolute Gasteiger partial charge is 0.129 e. The standard InChI is InChI=1S/C13H10FN3O/c14-10-3-8(5-15)1-2-9(10)11-4-13(18)12-6-16-7-17(11)12/h1-3,6-7,11,13,18H,4H2/t11-,13?/m1/s1. The number of nitrogens with zero attached hydrogens (tertiary/aromatic N) is 3. The van der Waals surface area contributed by atoms with E-state index >= 15 is 0 Å². The van der Waals surface area contributed by atoms with Gasteiger partial charge in [-0.05, 0) is 12.1 Å². The van der Waals surface area contributed by atoms with Gasteiger partial charge in [0, 0.05) is 12.0 Å². The van der Waals surface area contributed by atoms with E-state index in [4.69, 9.17) is 5.26 Å². The summed E-state index contributed by atoms with van der Waals surface area (Å²) in [7, 11) is 0. The van der Waals surface area contributed by atoms with Gasteiger partial charge in [0.2, 0.25) is 0 Å². The second-order valence-electron chi connectivity index (χ2n) is 4.34. The molecule has 3 rings (SSSR count). The Kier molecular flexibility index (Phi) is 2.39. The van der Waals surface area contributed by atoms with Gasteiger partial charge in [-0.1, -0.05) is 6.07 Å². The maximum Gasteiger partial charge on any atom is 0.129 e. The molecule has 0 aliphatic carbocycles. The second-order valence-corrected chi connectivity index (χ2v) is 4.34. The van der Waals surface area contributed by atoms with Gasteiger partial charge in [0.15, 0.2) is 0 Å². The second kappa shape index (κ2) is 3.93. The highest BCUT2D eigenvalue weighted by Gasteiger charge is 2.31. The van der Waals surface area contributed by atoms with Crippen LogP contribution in [0.25, 0.3) is 0 Å². The van der Waals surface area contributed by atoms with Crippen LogP contribution in [0.1, 0.15) is 35.4 Å². The molecule has 2 aromatic rings. The molecular formula is C13H10FN3O. The Morgan fingerprint density at radius 3 is 3.06 bits per heavy atom. The summed E-state index contributed by atoms with van der Waals surface area (Å²) in [6.45, 7) is 0. The predicted molar refractivity (Wildman–Crippen MR) is 61.1 cm³/mol. The largest absolute Gasteiger partial charge is 0.387 e. The Hall–Kier alpha value is -2.19. The fourth-order valence-electron chi connectivity index (χ4n) is 2.42. The lowest BCUT2D eigenvalue weighted by Gasteiger charge is -2.14. The van der Waals surface area contributed by atoms with E-state index in [0.29, 0.717) is 23.2 Å². The molecular weight excluding hydrogens is 233 g/mol. The molecule has 0 fully saturated rings. The number of halogens is 1. The first kappa shape index (κ1) is 10.9. The van der Waals surface area contributed by atoms with Crippen molar-refractivity contribution in [3.05, 3.63) is 53.4 Å². The fraction of sp³-hybridized carbons (Fsp3) is 0.231. The normalized spacial score (nSPS) is 21.6. The van der Waals surface area contributed by atoms with Crippen LogP contribution in [0.2, 0.25) is 0 Å². The number of hydrogen-bond acceptors (Lipinski definition) is 3. The van der Waals surface area contributed by atoms with Crippen molar-refractivity contribution in [2.75, 3.05) is 0 Å². The third kappa shape index (κ3) is 1.50. The molecule has 0 amide bonds. The van der Waals surface area contributed by atoms with Gasteiger partial charge < -0.3 is 9.67 Å². The number of aliphatic hydroxyl groups excluding tert-OH is 1. The van der Waals surface area contributed by atoms with Crippen LogP contribution >= 0.6 is 0 Å². The summed E-state index contributed by atoms with van der Waals surface area (Å²) in [5, 5.41) is 18.6. The average Bonchev–Trinajstić information content (AvgIpc) is 2.94. The maximum atomic E-state index is 13.9. The van der Waals surface area contributed by atoms with Crippen LogP contribution in [-0.2, 0) is 0 Å². The van der Waals surface area contributed by atoms with Crippen LogP contribution in [-0.4, -0.2) is 14.7 Å². The first-order chi connectivity index (χ1) is 8.70. The van der Waals surface area contributed by atoms with Crippen LogP contribution in [0, 0.1) is 17.1 Å². The van der Waals surface area contributed by atoms with E-state index in [1.54, 1.807) is 29.2 Å². The molecule has 0 saturated carbocycles. The highest BCUT2D eigenvalue weighted by Crippen LogP contribution is 2.38. The predicted octanol–water partition coefficient (Wildman–Crippen LogP) is 1.92. The minimum atomic E-state index is -0.618. The highest BCUT2D eigenvalue weighted by atomic mass is 19.1. The van der Waals surface area contributed by atoms with Gasteiger partial charge in [-0.2, -0.15) is 5.26 Å². The molecule has 1 aliphatic heterocycles. The molecule has 1 N–H and O–H groups in total. The molecule has 2 heterocycles. The SMILES string of the molecule is N#Cc1ccc([C@H]2CC(O)c3cncn32)c(F)c1. The molecule has 90 valence electrons. The molecule has 2 atom stereocenters. The van der Waals surface area contributed by atoms with Gasteiger partial charge in [0.1, 0.15) is 5.82 Å². The summed E-state index contributed by atoms with van der Waals surface area (Å²) in [4.78, 5) is 3.96. The van der Waals surface area contributed by atoms with Gasteiger partial charge in [-0.15, -0.1) is 0 Å². The summed E-state index contributed by atoms with van der Waals surface area (Å²) in [5.41, 5.74) is 1.47. The zero-order valence-corrected chi connectivity index (χ0v) is 9.42. The first-order valence-corrected chi connectivity index (χ1v) is 5.60. The van der Waals surface area contributed by atoms with Gasteiger partial charge in [-0.3, -0.25) is 0 Å². The van der Waals surface area contributed by atoms with Gasteiger partial charge in [-0.25, -0.2) is 9.37 Å². The number of hydrogen-bond donors (Lipinski definition) is 1. The van der Waals surface area contributed by atoms with E-state index in [2.05, 4.69) is 4.98 Å². The Balaban J connectivity index is 2.06. The van der Waals surface area contributed by atoms with Crippen molar-refractivity contribution in [2.24, 2.45) is 0 Å². The van der Waals surface area contributed by atoms with Gasteiger partial charge >= 0.3 is 0 Å². The molecule has 1 aromatic heterocycles. The highest BCUT2D eigenvalue weighted by molar-refractivity contribution is 5.35. The van der Waals surface area contributed by atoms with Crippen molar-refractivity contribution in [2.45, 2.75) is 18.6 Å². The third-order valence-electron chi connectivity index (χ3n) is 3.31. The molecule has 0 spiro atoms. The Bertz CT molecular complexity index is 644.